The summed E-state index contributed by atoms with van der Waals surface area (Å²) in [7, 11) is 1.99. The summed E-state index contributed by atoms with van der Waals surface area (Å²) in [5.74, 6) is 0.327. The van der Waals surface area contributed by atoms with E-state index >= 15 is 0 Å². The highest BCUT2D eigenvalue weighted by molar-refractivity contribution is 5.99. The number of carbonyl (C=O) groups excluding carboxylic acids is 1. The van der Waals surface area contributed by atoms with Gasteiger partial charge in [-0.3, -0.25) is 4.79 Å². The minimum absolute atomic E-state index is 0.327. The fourth-order valence-electron chi connectivity index (χ4n) is 1.95. The second-order valence-electron chi connectivity index (χ2n) is 4.10. The zero-order valence-corrected chi connectivity index (χ0v) is 9.07. The SMILES string of the molecule is C[n+]1cccc(/C=C2\CCCCC2=O)c1. The van der Waals surface area contributed by atoms with Gasteiger partial charge < -0.3 is 0 Å². The van der Waals surface area contributed by atoms with Gasteiger partial charge in [0, 0.05) is 18.1 Å². The van der Waals surface area contributed by atoms with E-state index in [4.69, 9.17) is 0 Å². The number of aryl methyl sites for hydroxylation is 1. The molecule has 0 radical (unpaired) electrons. The van der Waals surface area contributed by atoms with Crippen molar-refractivity contribution in [1.29, 1.82) is 0 Å². The molecule has 2 rings (SSSR count). The maximum absolute atomic E-state index is 11.6. The molecular weight excluding hydrogens is 186 g/mol. The molecule has 1 saturated carbocycles. The van der Waals surface area contributed by atoms with Crippen LogP contribution in [0.5, 0.6) is 0 Å². The van der Waals surface area contributed by atoms with E-state index in [-0.39, 0.29) is 0 Å². The lowest BCUT2D eigenvalue weighted by Gasteiger charge is -2.11. The Labute approximate surface area is 90.2 Å². The normalized spacial score (nSPS) is 19.5. The van der Waals surface area contributed by atoms with E-state index in [0.29, 0.717) is 5.78 Å². The summed E-state index contributed by atoms with van der Waals surface area (Å²) in [4.78, 5) is 11.6. The molecule has 0 atom stereocenters. The van der Waals surface area contributed by atoms with E-state index in [1.165, 1.54) is 0 Å². The second-order valence-corrected chi connectivity index (χ2v) is 4.10. The number of allylic oxidation sites excluding steroid dienone is 1. The average molecular weight is 202 g/mol. The molecule has 0 amide bonds. The number of ketones is 1. The minimum Gasteiger partial charge on any atom is -0.295 e. The summed E-state index contributed by atoms with van der Waals surface area (Å²) >= 11 is 0. The lowest BCUT2D eigenvalue weighted by Crippen LogP contribution is -2.26. The van der Waals surface area contributed by atoms with Crippen molar-refractivity contribution in [2.75, 3.05) is 0 Å². The molecule has 1 aromatic rings. The number of hydrogen-bond donors (Lipinski definition) is 0. The fourth-order valence-corrected chi connectivity index (χ4v) is 1.95. The molecular formula is C13H16NO+. The van der Waals surface area contributed by atoms with Crippen LogP contribution in [-0.2, 0) is 11.8 Å². The summed E-state index contributed by atoms with van der Waals surface area (Å²) in [5.41, 5.74) is 2.11. The zero-order chi connectivity index (χ0) is 10.7. The highest BCUT2D eigenvalue weighted by atomic mass is 16.1. The predicted molar refractivity (Wildman–Crippen MR) is 59.1 cm³/mol. The second kappa shape index (κ2) is 4.39. The Bertz CT molecular complexity index is 407. The molecule has 0 bridgehead atoms. The molecule has 0 aromatic carbocycles. The van der Waals surface area contributed by atoms with Crippen molar-refractivity contribution in [3.63, 3.8) is 0 Å². The first-order chi connectivity index (χ1) is 7.25. The van der Waals surface area contributed by atoms with Gasteiger partial charge in [0.1, 0.15) is 7.05 Å². The molecule has 1 aliphatic carbocycles. The van der Waals surface area contributed by atoms with Gasteiger partial charge in [-0.1, -0.05) is 0 Å². The van der Waals surface area contributed by atoms with Crippen LogP contribution in [0.4, 0.5) is 0 Å². The van der Waals surface area contributed by atoms with Crippen molar-refractivity contribution >= 4 is 11.9 Å². The van der Waals surface area contributed by atoms with Gasteiger partial charge in [-0.25, -0.2) is 4.57 Å². The molecule has 78 valence electrons. The van der Waals surface area contributed by atoms with Crippen LogP contribution < -0.4 is 4.57 Å². The first-order valence-electron chi connectivity index (χ1n) is 5.45. The number of carbonyl (C=O) groups is 1. The molecule has 2 nitrogen and oxygen atoms in total. The maximum Gasteiger partial charge on any atom is 0.175 e. The lowest BCUT2D eigenvalue weighted by atomic mass is 9.92. The van der Waals surface area contributed by atoms with Gasteiger partial charge in [-0.2, -0.15) is 0 Å². The molecule has 1 fully saturated rings. The molecule has 1 aromatic heterocycles. The van der Waals surface area contributed by atoms with Crippen LogP contribution in [0.1, 0.15) is 31.2 Å². The standard InChI is InChI=1S/C13H16NO/c1-14-8-4-5-11(10-14)9-12-6-2-3-7-13(12)15/h4-5,8-10H,2-3,6-7H2,1H3/q+1/b12-9+. The van der Waals surface area contributed by atoms with Crippen molar-refractivity contribution in [2.45, 2.75) is 25.7 Å². The number of nitrogens with zero attached hydrogens (tertiary/aromatic N) is 1. The highest BCUT2D eigenvalue weighted by Crippen LogP contribution is 2.21. The molecule has 0 spiro atoms. The van der Waals surface area contributed by atoms with Crippen LogP contribution in [0.3, 0.4) is 0 Å². The van der Waals surface area contributed by atoms with E-state index < -0.39 is 0 Å². The summed E-state index contributed by atoms with van der Waals surface area (Å²) in [5, 5.41) is 0. The number of aromatic nitrogens is 1. The first-order valence-corrected chi connectivity index (χ1v) is 5.45. The van der Waals surface area contributed by atoms with Gasteiger partial charge in [0.05, 0.1) is 0 Å². The van der Waals surface area contributed by atoms with Crippen LogP contribution in [0.25, 0.3) is 6.08 Å². The zero-order valence-electron chi connectivity index (χ0n) is 9.07. The van der Waals surface area contributed by atoms with Gasteiger partial charge in [0.2, 0.25) is 0 Å². The fraction of sp³-hybridized carbons (Fsp3) is 0.385. The van der Waals surface area contributed by atoms with E-state index in [0.717, 1.165) is 36.8 Å². The van der Waals surface area contributed by atoms with Gasteiger partial charge in [0.25, 0.3) is 0 Å². The Morgan fingerprint density at radius 2 is 2.13 bits per heavy atom. The summed E-state index contributed by atoms with van der Waals surface area (Å²) in [6, 6.07) is 4.04. The molecule has 0 saturated heterocycles. The third kappa shape index (κ3) is 2.52. The van der Waals surface area contributed by atoms with Crippen LogP contribution in [0.2, 0.25) is 0 Å². The highest BCUT2D eigenvalue weighted by Gasteiger charge is 2.14. The van der Waals surface area contributed by atoms with Crippen molar-refractivity contribution in [1.82, 2.24) is 0 Å². The van der Waals surface area contributed by atoms with Crippen molar-refractivity contribution in [3.05, 3.63) is 35.7 Å². The number of hydrogen-bond acceptors (Lipinski definition) is 1. The van der Waals surface area contributed by atoms with Crippen LogP contribution in [0, 0.1) is 0 Å². The van der Waals surface area contributed by atoms with Gasteiger partial charge in [-0.15, -0.1) is 0 Å². The van der Waals surface area contributed by atoms with Crippen molar-refractivity contribution in [2.24, 2.45) is 7.05 Å². The third-order valence-corrected chi connectivity index (χ3v) is 2.76. The molecule has 15 heavy (non-hydrogen) atoms. The quantitative estimate of drug-likeness (QED) is 0.504. The Hall–Kier alpha value is -1.44. The third-order valence-electron chi connectivity index (χ3n) is 2.76. The average Bonchev–Trinajstić information content (AvgIpc) is 2.22. The maximum atomic E-state index is 11.6. The van der Waals surface area contributed by atoms with Gasteiger partial charge in [0.15, 0.2) is 18.2 Å². The minimum atomic E-state index is 0.327. The van der Waals surface area contributed by atoms with Gasteiger partial charge in [-0.05, 0) is 37.0 Å². The number of rotatable bonds is 1. The largest absolute Gasteiger partial charge is 0.295 e. The van der Waals surface area contributed by atoms with E-state index in [2.05, 4.69) is 0 Å². The Kier molecular flexibility index (Phi) is 2.95. The van der Waals surface area contributed by atoms with Crippen molar-refractivity contribution < 1.29 is 9.36 Å². The smallest absolute Gasteiger partial charge is 0.175 e. The number of Topliss-reactive ketones (excluding diaryl/α,β-unsaturated/α-hetero) is 1. The Morgan fingerprint density at radius 1 is 1.33 bits per heavy atom. The van der Waals surface area contributed by atoms with Crippen LogP contribution in [0.15, 0.2) is 30.1 Å². The Morgan fingerprint density at radius 3 is 2.87 bits per heavy atom. The first kappa shape index (κ1) is 10.1. The molecule has 0 N–H and O–H groups in total. The van der Waals surface area contributed by atoms with Crippen LogP contribution >= 0.6 is 0 Å². The monoisotopic (exact) mass is 202 g/mol. The van der Waals surface area contributed by atoms with Gasteiger partial charge >= 0.3 is 0 Å². The molecule has 0 unspecified atom stereocenters. The summed E-state index contributed by atoms with van der Waals surface area (Å²) < 4.78 is 2.00. The lowest BCUT2D eigenvalue weighted by molar-refractivity contribution is -0.671. The van der Waals surface area contributed by atoms with Crippen LogP contribution in [-0.4, -0.2) is 5.78 Å². The Balaban J connectivity index is 2.25. The molecule has 1 heterocycles. The number of pyridine rings is 1. The predicted octanol–water partition coefficient (Wildman–Crippen LogP) is 2.04. The molecule has 1 aliphatic rings. The summed E-state index contributed by atoms with van der Waals surface area (Å²) in [6.07, 6.45) is 9.93. The summed E-state index contributed by atoms with van der Waals surface area (Å²) in [6.45, 7) is 0. The topological polar surface area (TPSA) is 20.9 Å². The van der Waals surface area contributed by atoms with Crippen molar-refractivity contribution in [3.8, 4) is 0 Å². The van der Waals surface area contributed by atoms with E-state index in [9.17, 15) is 4.79 Å². The van der Waals surface area contributed by atoms with E-state index in [1.54, 1.807) is 0 Å². The molecule has 0 aliphatic heterocycles. The molecule has 2 heteroatoms. The van der Waals surface area contributed by atoms with E-state index in [1.807, 2.05) is 42.2 Å².